The number of likely N-dealkylation sites (N-methyl/N-ethyl adjacent to an activating group) is 1. The van der Waals surface area contributed by atoms with E-state index < -0.39 is 0 Å². The molecule has 0 radical (unpaired) electrons. The summed E-state index contributed by atoms with van der Waals surface area (Å²) in [6.45, 7) is 6.05. The Labute approximate surface area is 85.6 Å². The summed E-state index contributed by atoms with van der Waals surface area (Å²) in [4.78, 5) is 2.20. The quantitative estimate of drug-likeness (QED) is 0.531. The van der Waals surface area contributed by atoms with Crippen LogP contribution < -0.4 is 4.73 Å². The SMILES string of the molecule is CCN(C)CCc1c(C)ccc[n+]1[O-]. The fourth-order valence-corrected chi connectivity index (χ4v) is 1.39. The van der Waals surface area contributed by atoms with Gasteiger partial charge in [-0.25, -0.2) is 0 Å². The van der Waals surface area contributed by atoms with E-state index in [9.17, 15) is 5.21 Å². The highest BCUT2D eigenvalue weighted by Crippen LogP contribution is 2.02. The van der Waals surface area contributed by atoms with Crippen LogP contribution in [0, 0.1) is 12.1 Å². The first-order valence-electron chi connectivity index (χ1n) is 5.01. The van der Waals surface area contributed by atoms with Crippen LogP contribution in [0.5, 0.6) is 0 Å². The van der Waals surface area contributed by atoms with Crippen LogP contribution in [0.15, 0.2) is 18.3 Å². The average Bonchev–Trinajstić information content (AvgIpc) is 2.16. The molecule has 0 atom stereocenters. The first-order chi connectivity index (χ1) is 6.65. The summed E-state index contributed by atoms with van der Waals surface area (Å²) in [7, 11) is 2.06. The van der Waals surface area contributed by atoms with Crippen LogP contribution in [-0.2, 0) is 6.42 Å². The summed E-state index contributed by atoms with van der Waals surface area (Å²) >= 11 is 0. The van der Waals surface area contributed by atoms with Crippen LogP contribution in [0.3, 0.4) is 0 Å². The van der Waals surface area contributed by atoms with Crippen molar-refractivity contribution in [3.8, 4) is 0 Å². The highest BCUT2D eigenvalue weighted by Gasteiger charge is 2.08. The Morgan fingerprint density at radius 3 is 2.79 bits per heavy atom. The molecule has 0 saturated carbocycles. The zero-order chi connectivity index (χ0) is 10.6. The second kappa shape index (κ2) is 4.96. The van der Waals surface area contributed by atoms with Gasteiger partial charge < -0.3 is 10.1 Å². The number of nitrogens with zero attached hydrogens (tertiary/aromatic N) is 2. The predicted octanol–water partition coefficient (Wildman–Crippen LogP) is 1.12. The van der Waals surface area contributed by atoms with Gasteiger partial charge in [-0.15, -0.1) is 0 Å². The second-order valence-electron chi connectivity index (χ2n) is 3.61. The van der Waals surface area contributed by atoms with E-state index in [0.29, 0.717) is 0 Å². The Balaban J connectivity index is 2.66. The van der Waals surface area contributed by atoms with E-state index in [1.165, 1.54) is 0 Å². The molecule has 0 aliphatic carbocycles. The Hall–Kier alpha value is -1.09. The molecule has 0 aliphatic rings. The first-order valence-corrected chi connectivity index (χ1v) is 5.01. The lowest BCUT2D eigenvalue weighted by atomic mass is 10.1. The van der Waals surface area contributed by atoms with Crippen molar-refractivity contribution < 1.29 is 4.73 Å². The molecule has 0 unspecified atom stereocenters. The van der Waals surface area contributed by atoms with Gasteiger partial charge in [-0.3, -0.25) is 0 Å². The Bertz CT molecular complexity index is 279. The van der Waals surface area contributed by atoms with Gasteiger partial charge in [-0.2, -0.15) is 4.73 Å². The van der Waals surface area contributed by atoms with Gasteiger partial charge in [0, 0.05) is 24.6 Å². The molecule has 0 aliphatic heterocycles. The normalized spacial score (nSPS) is 10.9. The third-order valence-electron chi connectivity index (χ3n) is 2.56. The van der Waals surface area contributed by atoms with E-state index in [1.807, 2.05) is 13.0 Å². The lowest BCUT2D eigenvalue weighted by Gasteiger charge is -2.13. The molecule has 3 heteroatoms. The maximum atomic E-state index is 11.4. The zero-order valence-electron chi connectivity index (χ0n) is 9.16. The van der Waals surface area contributed by atoms with E-state index >= 15 is 0 Å². The Morgan fingerprint density at radius 2 is 2.21 bits per heavy atom. The third kappa shape index (κ3) is 2.70. The van der Waals surface area contributed by atoms with Gasteiger partial charge in [0.25, 0.3) is 0 Å². The van der Waals surface area contributed by atoms with E-state index in [4.69, 9.17) is 0 Å². The standard InChI is InChI=1S/C11H18N2O/c1-4-12(3)9-7-11-10(2)6-5-8-13(11)14/h5-6,8H,4,7,9H2,1-3H3. The summed E-state index contributed by atoms with van der Waals surface area (Å²) in [5, 5.41) is 11.4. The van der Waals surface area contributed by atoms with Gasteiger partial charge in [-0.05, 0) is 26.6 Å². The Kier molecular flexibility index (Phi) is 3.89. The van der Waals surface area contributed by atoms with Crippen molar-refractivity contribution in [1.82, 2.24) is 4.90 Å². The third-order valence-corrected chi connectivity index (χ3v) is 2.56. The lowest BCUT2D eigenvalue weighted by molar-refractivity contribution is -0.614. The zero-order valence-corrected chi connectivity index (χ0v) is 9.16. The number of hydrogen-bond donors (Lipinski definition) is 0. The first kappa shape index (κ1) is 11.0. The smallest absolute Gasteiger partial charge is 0.196 e. The van der Waals surface area contributed by atoms with Crippen molar-refractivity contribution >= 4 is 0 Å². The molecule has 3 nitrogen and oxygen atoms in total. The topological polar surface area (TPSA) is 30.2 Å². The monoisotopic (exact) mass is 194 g/mol. The summed E-state index contributed by atoms with van der Waals surface area (Å²) in [6, 6.07) is 3.77. The van der Waals surface area contributed by atoms with Crippen LogP contribution in [0.4, 0.5) is 0 Å². The van der Waals surface area contributed by atoms with Crippen LogP contribution in [0.2, 0.25) is 0 Å². The molecule has 1 rings (SSSR count). The molecule has 14 heavy (non-hydrogen) atoms. The van der Waals surface area contributed by atoms with Gasteiger partial charge in [0.15, 0.2) is 11.9 Å². The molecule has 1 heterocycles. The molecular formula is C11H18N2O. The highest BCUT2D eigenvalue weighted by atomic mass is 16.5. The fraction of sp³-hybridized carbons (Fsp3) is 0.545. The van der Waals surface area contributed by atoms with Crippen molar-refractivity contribution in [1.29, 1.82) is 0 Å². The number of hydrogen-bond acceptors (Lipinski definition) is 2. The highest BCUT2D eigenvalue weighted by molar-refractivity contribution is 5.13. The molecule has 1 aromatic rings. The van der Waals surface area contributed by atoms with Gasteiger partial charge in [-0.1, -0.05) is 6.92 Å². The van der Waals surface area contributed by atoms with Gasteiger partial charge in [0.05, 0.1) is 0 Å². The van der Waals surface area contributed by atoms with Crippen LogP contribution >= 0.6 is 0 Å². The minimum atomic E-state index is 0.820. The van der Waals surface area contributed by atoms with Crippen molar-refractivity contribution in [2.24, 2.45) is 0 Å². The minimum Gasteiger partial charge on any atom is -0.618 e. The van der Waals surface area contributed by atoms with Gasteiger partial charge in [0.2, 0.25) is 0 Å². The molecule has 0 spiro atoms. The number of aromatic nitrogens is 1. The second-order valence-corrected chi connectivity index (χ2v) is 3.61. The molecular weight excluding hydrogens is 176 g/mol. The lowest BCUT2D eigenvalue weighted by Crippen LogP contribution is -2.34. The van der Waals surface area contributed by atoms with Crippen LogP contribution in [0.1, 0.15) is 18.2 Å². The number of aryl methyl sites for hydroxylation is 1. The average molecular weight is 194 g/mol. The molecule has 0 bridgehead atoms. The van der Waals surface area contributed by atoms with Gasteiger partial charge >= 0.3 is 0 Å². The molecule has 0 saturated heterocycles. The minimum absolute atomic E-state index is 0.820. The molecule has 0 aromatic carbocycles. The number of rotatable bonds is 4. The summed E-state index contributed by atoms with van der Waals surface area (Å²) < 4.78 is 0.971. The number of pyridine rings is 1. The van der Waals surface area contributed by atoms with Crippen LogP contribution in [-0.4, -0.2) is 25.0 Å². The van der Waals surface area contributed by atoms with E-state index in [0.717, 1.165) is 35.5 Å². The summed E-state index contributed by atoms with van der Waals surface area (Å²) in [6.07, 6.45) is 2.38. The van der Waals surface area contributed by atoms with E-state index in [-0.39, 0.29) is 0 Å². The maximum Gasteiger partial charge on any atom is 0.196 e. The molecule has 0 amide bonds. The largest absolute Gasteiger partial charge is 0.618 e. The Morgan fingerprint density at radius 1 is 1.50 bits per heavy atom. The fourth-order valence-electron chi connectivity index (χ4n) is 1.39. The van der Waals surface area contributed by atoms with Crippen molar-refractivity contribution in [3.63, 3.8) is 0 Å². The molecule has 0 N–H and O–H groups in total. The van der Waals surface area contributed by atoms with Crippen molar-refractivity contribution in [3.05, 3.63) is 34.8 Å². The van der Waals surface area contributed by atoms with E-state index in [1.54, 1.807) is 12.3 Å². The summed E-state index contributed by atoms with van der Waals surface area (Å²) in [5.74, 6) is 0. The molecule has 78 valence electrons. The van der Waals surface area contributed by atoms with Crippen molar-refractivity contribution in [2.45, 2.75) is 20.3 Å². The molecule has 0 fully saturated rings. The molecule has 1 aromatic heterocycles. The predicted molar refractivity (Wildman–Crippen MR) is 57.0 cm³/mol. The van der Waals surface area contributed by atoms with Crippen molar-refractivity contribution in [2.75, 3.05) is 20.1 Å². The maximum absolute atomic E-state index is 11.4. The summed E-state index contributed by atoms with van der Waals surface area (Å²) in [5.41, 5.74) is 1.96. The van der Waals surface area contributed by atoms with Crippen LogP contribution in [0.25, 0.3) is 0 Å². The van der Waals surface area contributed by atoms with Gasteiger partial charge in [0.1, 0.15) is 0 Å². The van der Waals surface area contributed by atoms with E-state index in [2.05, 4.69) is 18.9 Å².